The van der Waals surface area contributed by atoms with Crippen LogP contribution in [-0.4, -0.2) is 48.0 Å². The van der Waals surface area contributed by atoms with Gasteiger partial charge in [0.2, 0.25) is 0 Å². The predicted octanol–water partition coefficient (Wildman–Crippen LogP) is 1.08. The lowest BCUT2D eigenvalue weighted by Crippen LogP contribution is -2.28. The maximum atomic E-state index is 4.20. The molecule has 0 unspecified atom stereocenters. The predicted molar refractivity (Wildman–Crippen MR) is 58.3 cm³/mol. The van der Waals surface area contributed by atoms with Crippen LogP contribution in [0.2, 0.25) is 0 Å². The van der Waals surface area contributed by atoms with Gasteiger partial charge in [-0.15, -0.1) is 11.3 Å². The summed E-state index contributed by atoms with van der Waals surface area (Å²) in [6, 6.07) is 0. The highest BCUT2D eigenvalue weighted by atomic mass is 32.1. The van der Waals surface area contributed by atoms with Crippen LogP contribution in [0.3, 0.4) is 0 Å². The average molecular weight is 210 g/mol. The minimum Gasteiger partial charge on any atom is -0.305 e. The van der Waals surface area contributed by atoms with Crippen molar-refractivity contribution in [1.29, 1.82) is 0 Å². The van der Waals surface area contributed by atoms with Crippen molar-refractivity contribution in [2.24, 2.45) is 0 Å². The molecule has 0 aromatic carbocycles. The molecule has 1 fully saturated rings. The molecule has 1 saturated heterocycles. The molecule has 0 aliphatic carbocycles. The van der Waals surface area contributed by atoms with Gasteiger partial charge in [0, 0.05) is 25.0 Å². The molecule has 0 amide bonds. The van der Waals surface area contributed by atoms with Gasteiger partial charge in [0.25, 0.3) is 0 Å². The van der Waals surface area contributed by atoms with Crippen molar-refractivity contribution in [2.45, 2.75) is 13.0 Å². The second kappa shape index (κ2) is 4.87. The van der Waals surface area contributed by atoms with Crippen LogP contribution in [0.15, 0.2) is 5.38 Å². The summed E-state index contributed by atoms with van der Waals surface area (Å²) in [6.07, 6.45) is 1.27. The van der Waals surface area contributed by atoms with Crippen molar-refractivity contribution in [1.82, 2.24) is 14.8 Å². The molecule has 0 N–H and O–H groups in total. The number of aromatic nitrogens is 1. The lowest BCUT2D eigenvalue weighted by Gasteiger charge is -2.18. The van der Waals surface area contributed by atoms with Gasteiger partial charge in [-0.1, -0.05) is 0 Å². The Morgan fingerprint density at radius 1 is 1.43 bits per heavy atom. The van der Waals surface area contributed by atoms with Crippen molar-refractivity contribution >= 4 is 11.3 Å². The standard InChI is InChI=1S/C10H16N3S/c1-12-3-2-4-13(6-5-12)7-10-8-14-9-11-10/h8H,2-7H2,1H3. The van der Waals surface area contributed by atoms with Crippen LogP contribution in [-0.2, 0) is 6.54 Å². The minimum absolute atomic E-state index is 0.994. The van der Waals surface area contributed by atoms with E-state index in [4.69, 9.17) is 0 Å². The van der Waals surface area contributed by atoms with Gasteiger partial charge >= 0.3 is 0 Å². The second-order valence-electron chi connectivity index (χ2n) is 3.86. The van der Waals surface area contributed by atoms with Gasteiger partial charge in [-0.2, -0.15) is 0 Å². The van der Waals surface area contributed by atoms with E-state index in [9.17, 15) is 0 Å². The topological polar surface area (TPSA) is 19.4 Å². The van der Waals surface area contributed by atoms with E-state index >= 15 is 0 Å². The number of hydrogen-bond donors (Lipinski definition) is 0. The van der Waals surface area contributed by atoms with E-state index in [1.165, 1.54) is 31.7 Å². The highest BCUT2D eigenvalue weighted by molar-refractivity contribution is 7.07. The van der Waals surface area contributed by atoms with Gasteiger partial charge in [0.15, 0.2) is 5.51 Å². The molecular weight excluding hydrogens is 194 g/mol. The molecule has 0 atom stereocenters. The van der Waals surface area contributed by atoms with Gasteiger partial charge in [0.05, 0.1) is 5.69 Å². The van der Waals surface area contributed by atoms with Crippen LogP contribution < -0.4 is 0 Å². The molecule has 77 valence electrons. The van der Waals surface area contributed by atoms with Crippen molar-refractivity contribution < 1.29 is 0 Å². The number of hydrogen-bond acceptors (Lipinski definition) is 4. The largest absolute Gasteiger partial charge is 0.305 e. The Hall–Kier alpha value is -0.450. The van der Waals surface area contributed by atoms with Crippen LogP contribution in [0.1, 0.15) is 12.1 Å². The Bertz CT molecular complexity index is 260. The second-order valence-corrected chi connectivity index (χ2v) is 4.52. The molecule has 14 heavy (non-hydrogen) atoms. The zero-order valence-electron chi connectivity index (χ0n) is 8.57. The number of thiazole rings is 1. The number of rotatable bonds is 2. The molecule has 1 radical (unpaired) electrons. The third-order valence-corrected chi connectivity index (χ3v) is 3.22. The SMILES string of the molecule is CN1CCCN(Cc2cs[c]n2)CC1. The molecule has 1 aromatic heterocycles. The Kier molecular flexibility index (Phi) is 3.50. The molecule has 1 aliphatic rings. The zero-order chi connectivity index (χ0) is 9.80. The summed E-state index contributed by atoms with van der Waals surface area (Å²) in [6.45, 7) is 5.75. The summed E-state index contributed by atoms with van der Waals surface area (Å²) in [5.74, 6) is 0. The zero-order valence-corrected chi connectivity index (χ0v) is 9.39. The fourth-order valence-electron chi connectivity index (χ4n) is 1.77. The first-order valence-electron chi connectivity index (χ1n) is 5.06. The maximum absolute atomic E-state index is 4.20. The van der Waals surface area contributed by atoms with Gasteiger partial charge in [-0.25, -0.2) is 4.98 Å². The van der Waals surface area contributed by atoms with E-state index in [0.717, 1.165) is 13.1 Å². The molecule has 1 aliphatic heterocycles. The molecule has 3 nitrogen and oxygen atoms in total. The first-order chi connectivity index (χ1) is 6.84. The summed E-state index contributed by atoms with van der Waals surface area (Å²) in [5.41, 5.74) is 4.06. The third-order valence-electron chi connectivity index (χ3n) is 2.63. The van der Waals surface area contributed by atoms with Crippen LogP contribution in [0, 0.1) is 5.51 Å². The van der Waals surface area contributed by atoms with Gasteiger partial charge in [-0.05, 0) is 26.6 Å². The van der Waals surface area contributed by atoms with Gasteiger partial charge < -0.3 is 4.90 Å². The summed E-state index contributed by atoms with van der Waals surface area (Å²) in [7, 11) is 2.19. The molecule has 0 bridgehead atoms. The fourth-order valence-corrected chi connectivity index (χ4v) is 2.25. The molecular formula is C10H16N3S. The van der Waals surface area contributed by atoms with Crippen molar-refractivity contribution in [2.75, 3.05) is 33.2 Å². The average Bonchev–Trinajstić information content (AvgIpc) is 2.58. The van der Waals surface area contributed by atoms with Crippen LogP contribution in [0.4, 0.5) is 0 Å². The van der Waals surface area contributed by atoms with E-state index in [2.05, 4.69) is 32.7 Å². The minimum atomic E-state index is 0.994. The van der Waals surface area contributed by atoms with Gasteiger partial charge in [0.1, 0.15) is 0 Å². The first-order valence-corrected chi connectivity index (χ1v) is 5.94. The summed E-state index contributed by atoms with van der Waals surface area (Å²) >= 11 is 1.56. The highest BCUT2D eigenvalue weighted by Gasteiger charge is 2.12. The van der Waals surface area contributed by atoms with Crippen LogP contribution >= 0.6 is 11.3 Å². The smallest absolute Gasteiger partial charge is 0.152 e. The number of likely N-dealkylation sites (N-methyl/N-ethyl adjacent to an activating group) is 1. The Balaban J connectivity index is 1.86. The highest BCUT2D eigenvalue weighted by Crippen LogP contribution is 2.07. The summed E-state index contributed by atoms with van der Waals surface area (Å²) in [5, 5.41) is 2.09. The van der Waals surface area contributed by atoms with E-state index in [1.54, 1.807) is 11.3 Å². The monoisotopic (exact) mass is 210 g/mol. The van der Waals surface area contributed by atoms with E-state index in [-0.39, 0.29) is 0 Å². The van der Waals surface area contributed by atoms with Crippen LogP contribution in [0.5, 0.6) is 0 Å². The molecule has 4 heteroatoms. The maximum Gasteiger partial charge on any atom is 0.152 e. The molecule has 1 aromatic rings. The van der Waals surface area contributed by atoms with Crippen molar-refractivity contribution in [3.05, 3.63) is 16.6 Å². The summed E-state index contributed by atoms with van der Waals surface area (Å²) < 4.78 is 0. The summed E-state index contributed by atoms with van der Waals surface area (Å²) in [4.78, 5) is 9.07. The van der Waals surface area contributed by atoms with E-state index < -0.39 is 0 Å². The first kappa shape index (κ1) is 10.1. The number of nitrogens with zero attached hydrogens (tertiary/aromatic N) is 3. The van der Waals surface area contributed by atoms with E-state index in [1.807, 2.05) is 0 Å². The van der Waals surface area contributed by atoms with Gasteiger partial charge in [-0.3, -0.25) is 4.90 Å². The fraction of sp³-hybridized carbons (Fsp3) is 0.700. The van der Waals surface area contributed by atoms with Crippen molar-refractivity contribution in [3.8, 4) is 0 Å². The molecule has 0 saturated carbocycles. The molecule has 0 spiro atoms. The van der Waals surface area contributed by atoms with Crippen molar-refractivity contribution in [3.63, 3.8) is 0 Å². The normalized spacial score (nSPS) is 20.9. The van der Waals surface area contributed by atoms with E-state index in [0.29, 0.717) is 0 Å². The lowest BCUT2D eigenvalue weighted by molar-refractivity contribution is 0.267. The van der Waals surface area contributed by atoms with Crippen LogP contribution in [0.25, 0.3) is 0 Å². The Labute approximate surface area is 89.4 Å². The lowest BCUT2D eigenvalue weighted by atomic mass is 10.3. The Morgan fingerprint density at radius 3 is 3.14 bits per heavy atom. The molecule has 2 rings (SSSR count). The third kappa shape index (κ3) is 2.77. The molecule has 2 heterocycles. The Morgan fingerprint density at radius 2 is 2.36 bits per heavy atom. The quantitative estimate of drug-likeness (QED) is 0.728.